The number of amides is 1. The number of ether oxygens (including phenoxy) is 1. The molecule has 3 rings (SSSR count). The van der Waals surface area contributed by atoms with E-state index in [-0.39, 0.29) is 17.1 Å². The molecule has 7 nitrogen and oxygen atoms in total. The lowest BCUT2D eigenvalue weighted by atomic mass is 10.1. The monoisotopic (exact) mass is 356 g/mol. The van der Waals surface area contributed by atoms with Gasteiger partial charge in [-0.1, -0.05) is 6.07 Å². The molecule has 1 aliphatic heterocycles. The number of piperidine rings is 1. The molecule has 0 unspecified atom stereocenters. The van der Waals surface area contributed by atoms with Gasteiger partial charge in [0.25, 0.3) is 0 Å². The van der Waals surface area contributed by atoms with E-state index >= 15 is 0 Å². The third-order valence-corrected chi connectivity index (χ3v) is 4.29. The molecule has 1 fully saturated rings. The van der Waals surface area contributed by atoms with Gasteiger partial charge in [0.1, 0.15) is 23.8 Å². The van der Waals surface area contributed by atoms with Gasteiger partial charge in [-0.3, -0.25) is 4.79 Å². The number of benzene rings is 1. The van der Waals surface area contributed by atoms with Crippen LogP contribution in [0.1, 0.15) is 18.4 Å². The van der Waals surface area contributed by atoms with Crippen LogP contribution in [0.25, 0.3) is 11.3 Å². The molecule has 0 atom stereocenters. The number of aromatic nitrogens is 1. The normalized spacial score (nSPS) is 14.7. The van der Waals surface area contributed by atoms with Crippen LogP contribution in [0, 0.1) is 17.1 Å². The van der Waals surface area contributed by atoms with Crippen molar-refractivity contribution in [3.63, 3.8) is 0 Å². The van der Waals surface area contributed by atoms with Crippen LogP contribution >= 0.6 is 0 Å². The third-order valence-electron chi connectivity index (χ3n) is 4.29. The number of pyridine rings is 1. The number of halogens is 1. The van der Waals surface area contributed by atoms with Gasteiger partial charge in [0.2, 0.25) is 0 Å². The first-order chi connectivity index (χ1) is 12.5. The highest BCUT2D eigenvalue weighted by atomic mass is 19.1. The Morgan fingerprint density at radius 3 is 2.65 bits per heavy atom. The van der Waals surface area contributed by atoms with E-state index in [1.54, 1.807) is 12.1 Å². The maximum atomic E-state index is 13.9. The summed E-state index contributed by atoms with van der Waals surface area (Å²) in [5, 5.41) is 8.82. The molecule has 0 radical (unpaired) electrons. The van der Waals surface area contributed by atoms with Gasteiger partial charge in [0.15, 0.2) is 5.43 Å². The van der Waals surface area contributed by atoms with Crippen LogP contribution in [-0.4, -0.2) is 30.3 Å². The number of nitrogens with zero attached hydrogens (tertiary/aromatic N) is 2. The summed E-state index contributed by atoms with van der Waals surface area (Å²) in [7, 11) is 0. The average Bonchev–Trinajstić information content (AvgIpc) is 2.61. The number of nitriles is 1. The summed E-state index contributed by atoms with van der Waals surface area (Å²) in [4.78, 5) is 28.0. The number of anilines is 1. The van der Waals surface area contributed by atoms with Gasteiger partial charge in [-0.25, -0.2) is 9.18 Å². The van der Waals surface area contributed by atoms with Crippen molar-refractivity contribution in [2.45, 2.75) is 18.9 Å². The maximum absolute atomic E-state index is 13.9. The van der Waals surface area contributed by atoms with Crippen LogP contribution in [0.15, 0.2) is 35.1 Å². The summed E-state index contributed by atoms with van der Waals surface area (Å²) in [6.07, 6.45) is 0.175. The van der Waals surface area contributed by atoms with Gasteiger partial charge >= 0.3 is 6.09 Å². The van der Waals surface area contributed by atoms with E-state index < -0.39 is 11.9 Å². The SMILES string of the molecule is N#Cc1ccc(-c2cc(=O)cc(N3CCC(OC(N)=O)CC3)[nH]2)cc1F. The van der Waals surface area contributed by atoms with Crippen molar-refractivity contribution in [2.24, 2.45) is 5.73 Å². The summed E-state index contributed by atoms with van der Waals surface area (Å²) in [5.74, 6) is -0.0320. The molecule has 1 amide bonds. The lowest BCUT2D eigenvalue weighted by molar-refractivity contribution is 0.0912. The van der Waals surface area contributed by atoms with E-state index in [2.05, 4.69) is 4.98 Å². The Labute approximate surface area is 148 Å². The quantitative estimate of drug-likeness (QED) is 0.875. The number of hydrogen-bond donors (Lipinski definition) is 2. The largest absolute Gasteiger partial charge is 0.446 e. The molecule has 2 aromatic rings. The van der Waals surface area contributed by atoms with E-state index in [0.29, 0.717) is 43.0 Å². The highest BCUT2D eigenvalue weighted by Crippen LogP contribution is 2.23. The predicted molar refractivity (Wildman–Crippen MR) is 93.1 cm³/mol. The first kappa shape index (κ1) is 17.5. The average molecular weight is 356 g/mol. The van der Waals surface area contributed by atoms with Gasteiger partial charge in [-0.2, -0.15) is 5.26 Å². The fourth-order valence-electron chi connectivity index (χ4n) is 3.01. The molecular formula is C18H17FN4O3. The molecule has 134 valence electrons. The van der Waals surface area contributed by atoms with Crippen molar-refractivity contribution in [3.8, 4) is 17.3 Å². The zero-order valence-corrected chi connectivity index (χ0v) is 13.9. The lowest BCUT2D eigenvalue weighted by Gasteiger charge is -2.32. The third kappa shape index (κ3) is 3.83. The van der Waals surface area contributed by atoms with Crippen LogP contribution in [0.3, 0.4) is 0 Å². The Bertz CT molecular complexity index is 927. The number of primary amides is 1. The fraction of sp³-hybridized carbons (Fsp3) is 0.278. The van der Waals surface area contributed by atoms with Crippen LogP contribution < -0.4 is 16.1 Å². The number of nitrogens with two attached hydrogens (primary N) is 1. The summed E-state index contributed by atoms with van der Waals surface area (Å²) in [6.45, 7) is 1.16. The molecule has 1 aromatic heterocycles. The maximum Gasteiger partial charge on any atom is 0.404 e. The molecule has 1 aliphatic rings. The molecule has 26 heavy (non-hydrogen) atoms. The van der Waals surface area contributed by atoms with Crippen LogP contribution in [0.5, 0.6) is 0 Å². The zero-order valence-electron chi connectivity index (χ0n) is 13.9. The number of nitrogens with one attached hydrogen (secondary N) is 1. The van der Waals surface area contributed by atoms with Crippen molar-refractivity contribution in [3.05, 3.63) is 51.9 Å². The molecule has 2 heterocycles. The minimum atomic E-state index is -0.790. The molecule has 1 saturated heterocycles. The second-order valence-corrected chi connectivity index (χ2v) is 6.04. The van der Waals surface area contributed by atoms with Crippen molar-refractivity contribution in [2.75, 3.05) is 18.0 Å². The second-order valence-electron chi connectivity index (χ2n) is 6.04. The molecular weight excluding hydrogens is 339 g/mol. The molecule has 3 N–H and O–H groups in total. The predicted octanol–water partition coefficient (Wildman–Crippen LogP) is 2.12. The molecule has 0 saturated carbocycles. The van der Waals surface area contributed by atoms with Crippen molar-refractivity contribution in [1.29, 1.82) is 5.26 Å². The summed E-state index contributed by atoms with van der Waals surface area (Å²) in [5.41, 5.74) is 5.71. The number of carbonyl (C=O) groups is 1. The smallest absolute Gasteiger partial charge is 0.404 e. The number of H-pyrrole nitrogens is 1. The molecule has 0 aliphatic carbocycles. The highest BCUT2D eigenvalue weighted by molar-refractivity contribution is 5.65. The Kier molecular flexibility index (Phi) is 4.89. The Morgan fingerprint density at radius 1 is 1.31 bits per heavy atom. The Hall–Kier alpha value is -3.34. The Balaban J connectivity index is 1.83. The van der Waals surface area contributed by atoms with E-state index in [0.717, 1.165) is 0 Å². The van der Waals surface area contributed by atoms with Crippen LogP contribution in [0.2, 0.25) is 0 Å². The number of aromatic amines is 1. The Morgan fingerprint density at radius 2 is 2.04 bits per heavy atom. The minimum Gasteiger partial charge on any atom is -0.446 e. The highest BCUT2D eigenvalue weighted by Gasteiger charge is 2.22. The van der Waals surface area contributed by atoms with E-state index in [9.17, 15) is 14.0 Å². The molecule has 0 spiro atoms. The van der Waals surface area contributed by atoms with E-state index in [1.165, 1.54) is 24.3 Å². The second kappa shape index (κ2) is 7.27. The van der Waals surface area contributed by atoms with Gasteiger partial charge in [0.05, 0.1) is 11.3 Å². The van der Waals surface area contributed by atoms with E-state index in [1.807, 2.05) is 4.90 Å². The molecule has 0 bridgehead atoms. The molecule has 1 aromatic carbocycles. The van der Waals surface area contributed by atoms with Gasteiger partial charge < -0.3 is 20.4 Å². The van der Waals surface area contributed by atoms with Crippen LogP contribution in [-0.2, 0) is 4.74 Å². The summed E-state index contributed by atoms with van der Waals surface area (Å²) in [6, 6.07) is 8.81. The standard InChI is InChI=1S/C18H17FN4O3/c19-15-7-11(1-2-12(15)10-20)16-8-13(24)9-17(22-16)23-5-3-14(4-6-23)26-18(21)25/h1-2,7-9,14H,3-6H2,(H2,21,25)(H,22,24). The minimum absolute atomic E-state index is 0.0521. The number of hydrogen-bond acceptors (Lipinski definition) is 5. The van der Waals surface area contributed by atoms with Gasteiger partial charge in [-0.15, -0.1) is 0 Å². The van der Waals surface area contributed by atoms with Gasteiger partial charge in [-0.05, 0) is 12.1 Å². The van der Waals surface area contributed by atoms with Crippen molar-refractivity contribution in [1.82, 2.24) is 4.98 Å². The zero-order chi connectivity index (χ0) is 18.7. The van der Waals surface area contributed by atoms with Gasteiger partial charge in [0, 0.05) is 43.6 Å². The fourth-order valence-corrected chi connectivity index (χ4v) is 3.01. The van der Waals surface area contributed by atoms with E-state index in [4.69, 9.17) is 15.7 Å². The first-order valence-electron chi connectivity index (χ1n) is 8.11. The van der Waals surface area contributed by atoms with Crippen molar-refractivity contribution < 1.29 is 13.9 Å². The first-order valence-corrected chi connectivity index (χ1v) is 8.11. The number of carbonyl (C=O) groups excluding carboxylic acids is 1. The number of rotatable bonds is 3. The lowest BCUT2D eigenvalue weighted by Crippen LogP contribution is -2.39. The summed E-state index contributed by atoms with van der Waals surface area (Å²) >= 11 is 0. The van der Waals surface area contributed by atoms with Crippen molar-refractivity contribution >= 4 is 11.9 Å². The topological polar surface area (TPSA) is 112 Å². The summed E-state index contributed by atoms with van der Waals surface area (Å²) < 4.78 is 18.9. The van der Waals surface area contributed by atoms with Crippen LogP contribution in [0.4, 0.5) is 15.0 Å². The molecule has 8 heteroatoms.